The van der Waals surface area contributed by atoms with Crippen molar-refractivity contribution in [3.63, 3.8) is 0 Å². The zero-order chi connectivity index (χ0) is 17.1. The summed E-state index contributed by atoms with van der Waals surface area (Å²) in [4.78, 5) is 16.6. The number of aryl methyl sites for hydroxylation is 1. The lowest BCUT2D eigenvalue weighted by molar-refractivity contribution is 0.0939. The molecule has 0 saturated heterocycles. The Morgan fingerprint density at radius 3 is 2.92 bits per heavy atom. The van der Waals surface area contributed by atoms with Gasteiger partial charge in [0.1, 0.15) is 11.3 Å². The molecule has 3 rings (SSSR count). The maximum absolute atomic E-state index is 12.5. The number of amides is 1. The molecule has 5 nitrogen and oxygen atoms in total. The van der Waals surface area contributed by atoms with Crippen molar-refractivity contribution in [2.24, 2.45) is 0 Å². The molecular formula is C19H20N2O3. The highest BCUT2D eigenvalue weighted by Crippen LogP contribution is 2.27. The first kappa shape index (κ1) is 16.1. The quantitative estimate of drug-likeness (QED) is 0.769. The van der Waals surface area contributed by atoms with Crippen LogP contribution in [0.2, 0.25) is 0 Å². The molecule has 0 radical (unpaired) electrons. The summed E-state index contributed by atoms with van der Waals surface area (Å²) in [6.07, 6.45) is 1.37. The molecule has 0 spiro atoms. The maximum Gasteiger partial charge on any atom is 0.251 e. The van der Waals surface area contributed by atoms with Gasteiger partial charge >= 0.3 is 0 Å². The molecule has 1 aromatic heterocycles. The summed E-state index contributed by atoms with van der Waals surface area (Å²) in [5, 5.41) is 3.02. The molecular weight excluding hydrogens is 304 g/mol. The van der Waals surface area contributed by atoms with Gasteiger partial charge in [-0.15, -0.1) is 0 Å². The molecule has 0 aliphatic carbocycles. The van der Waals surface area contributed by atoms with Crippen LogP contribution in [0.5, 0.6) is 5.75 Å². The Kier molecular flexibility index (Phi) is 4.51. The molecule has 1 amide bonds. The fourth-order valence-corrected chi connectivity index (χ4v) is 2.65. The van der Waals surface area contributed by atoms with Crippen LogP contribution in [-0.2, 0) is 0 Å². The molecule has 3 aromatic rings. The van der Waals surface area contributed by atoms with Crippen molar-refractivity contribution >= 4 is 17.0 Å². The van der Waals surface area contributed by atoms with E-state index in [1.807, 2.05) is 39.0 Å². The van der Waals surface area contributed by atoms with Gasteiger partial charge in [0.25, 0.3) is 5.91 Å². The number of benzene rings is 2. The Hall–Kier alpha value is -2.82. The summed E-state index contributed by atoms with van der Waals surface area (Å²) in [5.41, 5.74) is 3.97. The van der Waals surface area contributed by atoms with Gasteiger partial charge in [0, 0.05) is 11.1 Å². The van der Waals surface area contributed by atoms with E-state index in [4.69, 9.17) is 9.15 Å². The van der Waals surface area contributed by atoms with E-state index in [0.29, 0.717) is 23.3 Å². The van der Waals surface area contributed by atoms with E-state index in [0.717, 1.165) is 16.9 Å². The van der Waals surface area contributed by atoms with Crippen LogP contribution in [0.15, 0.2) is 47.2 Å². The highest BCUT2D eigenvalue weighted by atomic mass is 16.5. The number of rotatable bonds is 5. The van der Waals surface area contributed by atoms with Crippen LogP contribution in [0.3, 0.4) is 0 Å². The number of oxazole rings is 1. The van der Waals surface area contributed by atoms with Crippen molar-refractivity contribution in [2.75, 3.05) is 6.61 Å². The average molecular weight is 324 g/mol. The fourth-order valence-electron chi connectivity index (χ4n) is 2.65. The number of carbonyl (C=O) groups is 1. The summed E-state index contributed by atoms with van der Waals surface area (Å²) < 4.78 is 10.9. The monoisotopic (exact) mass is 324 g/mol. The van der Waals surface area contributed by atoms with Crippen molar-refractivity contribution in [1.29, 1.82) is 0 Å². The van der Waals surface area contributed by atoms with Crippen LogP contribution in [0.25, 0.3) is 11.1 Å². The van der Waals surface area contributed by atoms with Gasteiger partial charge in [-0.05, 0) is 45.0 Å². The van der Waals surface area contributed by atoms with E-state index in [1.165, 1.54) is 6.39 Å². The average Bonchev–Trinajstić information content (AvgIpc) is 3.04. The molecule has 1 N–H and O–H groups in total. The molecule has 0 fully saturated rings. The van der Waals surface area contributed by atoms with Crippen molar-refractivity contribution < 1.29 is 13.9 Å². The molecule has 2 aromatic carbocycles. The van der Waals surface area contributed by atoms with Gasteiger partial charge in [-0.3, -0.25) is 4.79 Å². The molecule has 1 atom stereocenters. The van der Waals surface area contributed by atoms with Crippen LogP contribution in [0.4, 0.5) is 0 Å². The third kappa shape index (κ3) is 3.25. The standard InChI is InChI=1S/C19H20N2O3/c1-4-23-17-7-5-12(2)9-15(17)13(3)21-19(22)14-6-8-18-16(10-14)20-11-24-18/h5-11,13H,4H2,1-3H3,(H,21,22). The lowest BCUT2D eigenvalue weighted by atomic mass is 10.0. The molecule has 124 valence electrons. The summed E-state index contributed by atoms with van der Waals surface area (Å²) in [5.74, 6) is 0.638. The Labute approximate surface area is 140 Å². The van der Waals surface area contributed by atoms with Crippen LogP contribution >= 0.6 is 0 Å². The molecule has 0 aliphatic rings. The maximum atomic E-state index is 12.5. The molecule has 24 heavy (non-hydrogen) atoms. The van der Waals surface area contributed by atoms with Crippen molar-refractivity contribution in [1.82, 2.24) is 10.3 Å². The Morgan fingerprint density at radius 1 is 1.29 bits per heavy atom. The van der Waals surface area contributed by atoms with E-state index < -0.39 is 0 Å². The van der Waals surface area contributed by atoms with Crippen molar-refractivity contribution in [3.8, 4) is 5.75 Å². The minimum absolute atomic E-state index is 0.156. The van der Waals surface area contributed by atoms with Gasteiger partial charge in [0.15, 0.2) is 12.0 Å². The van der Waals surface area contributed by atoms with Crippen molar-refractivity contribution in [3.05, 3.63) is 59.5 Å². The highest BCUT2D eigenvalue weighted by molar-refractivity contribution is 5.97. The first-order valence-electron chi connectivity index (χ1n) is 7.96. The van der Waals surface area contributed by atoms with E-state index in [9.17, 15) is 4.79 Å². The molecule has 0 aliphatic heterocycles. The van der Waals surface area contributed by atoms with Gasteiger partial charge < -0.3 is 14.5 Å². The van der Waals surface area contributed by atoms with Crippen LogP contribution < -0.4 is 10.1 Å². The first-order chi connectivity index (χ1) is 11.6. The Morgan fingerprint density at radius 2 is 2.12 bits per heavy atom. The summed E-state index contributed by atoms with van der Waals surface area (Å²) >= 11 is 0. The Bertz CT molecular complexity index is 870. The van der Waals surface area contributed by atoms with Gasteiger partial charge in [-0.1, -0.05) is 17.7 Å². The van der Waals surface area contributed by atoms with E-state index >= 15 is 0 Å². The van der Waals surface area contributed by atoms with Crippen LogP contribution in [-0.4, -0.2) is 17.5 Å². The third-order valence-corrected chi connectivity index (χ3v) is 3.87. The number of carbonyl (C=O) groups excluding carboxylic acids is 1. The normalized spacial score (nSPS) is 12.1. The van der Waals surface area contributed by atoms with Gasteiger partial charge in [-0.25, -0.2) is 4.98 Å². The van der Waals surface area contributed by atoms with Crippen LogP contribution in [0.1, 0.15) is 41.4 Å². The first-order valence-corrected chi connectivity index (χ1v) is 7.96. The SMILES string of the molecule is CCOc1ccc(C)cc1C(C)NC(=O)c1ccc2ocnc2c1. The number of hydrogen-bond acceptors (Lipinski definition) is 4. The predicted octanol–water partition coefficient (Wildman–Crippen LogP) is 4.03. The minimum atomic E-state index is -0.174. The van der Waals surface area contributed by atoms with Gasteiger partial charge in [0.2, 0.25) is 0 Å². The van der Waals surface area contributed by atoms with Crippen LogP contribution in [0, 0.1) is 6.92 Å². The molecule has 0 saturated carbocycles. The summed E-state index contributed by atoms with van der Waals surface area (Å²) in [6, 6.07) is 11.0. The number of ether oxygens (including phenoxy) is 1. The molecule has 1 unspecified atom stereocenters. The topological polar surface area (TPSA) is 64.4 Å². The minimum Gasteiger partial charge on any atom is -0.494 e. The molecule has 5 heteroatoms. The Balaban J connectivity index is 1.82. The summed E-state index contributed by atoms with van der Waals surface area (Å²) in [6.45, 7) is 6.50. The van der Waals surface area contributed by atoms with E-state index in [1.54, 1.807) is 18.2 Å². The second-order valence-corrected chi connectivity index (χ2v) is 5.70. The summed E-state index contributed by atoms with van der Waals surface area (Å²) in [7, 11) is 0. The lowest BCUT2D eigenvalue weighted by Crippen LogP contribution is -2.27. The van der Waals surface area contributed by atoms with Gasteiger partial charge in [0.05, 0.1) is 12.6 Å². The number of aromatic nitrogens is 1. The largest absolute Gasteiger partial charge is 0.494 e. The zero-order valence-corrected chi connectivity index (χ0v) is 14.0. The zero-order valence-electron chi connectivity index (χ0n) is 14.0. The van der Waals surface area contributed by atoms with Crippen molar-refractivity contribution in [2.45, 2.75) is 26.8 Å². The second-order valence-electron chi connectivity index (χ2n) is 5.70. The fraction of sp³-hybridized carbons (Fsp3) is 0.263. The van der Waals surface area contributed by atoms with Gasteiger partial charge in [-0.2, -0.15) is 0 Å². The number of nitrogens with zero attached hydrogens (tertiary/aromatic N) is 1. The third-order valence-electron chi connectivity index (χ3n) is 3.87. The highest BCUT2D eigenvalue weighted by Gasteiger charge is 2.16. The smallest absolute Gasteiger partial charge is 0.251 e. The number of nitrogens with one attached hydrogen (secondary N) is 1. The molecule has 0 bridgehead atoms. The predicted molar refractivity (Wildman–Crippen MR) is 92.2 cm³/mol. The number of fused-ring (bicyclic) bond motifs is 1. The second kappa shape index (κ2) is 6.74. The lowest BCUT2D eigenvalue weighted by Gasteiger charge is -2.18. The molecule has 1 heterocycles. The van der Waals surface area contributed by atoms with E-state index in [-0.39, 0.29) is 11.9 Å². The number of hydrogen-bond donors (Lipinski definition) is 1. The van der Waals surface area contributed by atoms with E-state index in [2.05, 4.69) is 10.3 Å².